The van der Waals surface area contributed by atoms with Gasteiger partial charge in [0, 0.05) is 9.90 Å². The van der Waals surface area contributed by atoms with Crippen LogP contribution < -0.4 is 4.74 Å². The average Bonchev–Trinajstić information content (AvgIpc) is 2.86. The Kier molecular flexibility index (Phi) is 5.02. The van der Waals surface area contributed by atoms with E-state index in [-0.39, 0.29) is 12.4 Å². The van der Waals surface area contributed by atoms with Gasteiger partial charge in [-0.3, -0.25) is 4.79 Å². The maximum absolute atomic E-state index is 12.0. The van der Waals surface area contributed by atoms with Crippen molar-refractivity contribution in [2.45, 2.75) is 13.3 Å². The molecule has 0 N–H and O–H groups in total. The maximum atomic E-state index is 12.0. The molecular formula is C14H12BrClO2S. The van der Waals surface area contributed by atoms with Gasteiger partial charge in [-0.1, -0.05) is 18.5 Å². The van der Waals surface area contributed by atoms with Gasteiger partial charge in [0.1, 0.15) is 5.75 Å². The lowest BCUT2D eigenvalue weighted by atomic mass is 10.3. The van der Waals surface area contributed by atoms with Crippen molar-refractivity contribution in [2.75, 3.05) is 6.61 Å². The quantitative estimate of drug-likeness (QED) is 0.703. The van der Waals surface area contributed by atoms with Crippen LogP contribution in [0, 0.1) is 0 Å². The Hall–Kier alpha value is -0.840. The average molecular weight is 360 g/mol. The fourth-order valence-corrected chi connectivity index (χ4v) is 3.19. The third-order valence-corrected chi connectivity index (χ3v) is 4.66. The van der Waals surface area contributed by atoms with Crippen LogP contribution in [0.5, 0.6) is 5.75 Å². The summed E-state index contributed by atoms with van der Waals surface area (Å²) in [5.41, 5.74) is 0. The van der Waals surface area contributed by atoms with Gasteiger partial charge in [0.25, 0.3) is 0 Å². The van der Waals surface area contributed by atoms with Gasteiger partial charge >= 0.3 is 0 Å². The normalized spacial score (nSPS) is 10.5. The third-order valence-electron chi connectivity index (χ3n) is 2.54. The zero-order valence-electron chi connectivity index (χ0n) is 10.3. The first-order valence-electron chi connectivity index (χ1n) is 5.80. The van der Waals surface area contributed by atoms with Gasteiger partial charge in [0.2, 0.25) is 5.78 Å². The van der Waals surface area contributed by atoms with Gasteiger partial charge in [-0.2, -0.15) is 0 Å². The van der Waals surface area contributed by atoms with Crippen molar-refractivity contribution >= 4 is 44.7 Å². The van der Waals surface area contributed by atoms with Gasteiger partial charge in [0.05, 0.1) is 9.35 Å². The number of aryl methyl sites for hydroxylation is 1. The van der Waals surface area contributed by atoms with Crippen LogP contribution in [0.2, 0.25) is 5.02 Å². The van der Waals surface area contributed by atoms with E-state index in [1.54, 1.807) is 18.2 Å². The molecule has 1 aromatic heterocycles. The number of rotatable bonds is 5. The molecule has 0 radical (unpaired) electrons. The SMILES string of the molecule is CCc1ccc(C(=O)COc2ccc(Cl)cc2Br)s1. The minimum Gasteiger partial charge on any atom is -0.484 e. The highest BCUT2D eigenvalue weighted by Crippen LogP contribution is 2.28. The summed E-state index contributed by atoms with van der Waals surface area (Å²) in [6.45, 7) is 2.10. The van der Waals surface area contributed by atoms with Crippen LogP contribution in [0.25, 0.3) is 0 Å². The molecule has 19 heavy (non-hydrogen) atoms. The third kappa shape index (κ3) is 3.81. The minimum atomic E-state index is -0.00782. The van der Waals surface area contributed by atoms with Crippen LogP contribution in [0.15, 0.2) is 34.8 Å². The van der Waals surface area contributed by atoms with E-state index in [0.717, 1.165) is 15.8 Å². The molecule has 2 aromatic rings. The van der Waals surface area contributed by atoms with E-state index in [1.165, 1.54) is 16.2 Å². The zero-order chi connectivity index (χ0) is 13.8. The second kappa shape index (κ2) is 6.55. The largest absolute Gasteiger partial charge is 0.484 e. The smallest absolute Gasteiger partial charge is 0.210 e. The molecule has 2 rings (SSSR count). The summed E-state index contributed by atoms with van der Waals surface area (Å²) in [5.74, 6) is 0.608. The summed E-state index contributed by atoms with van der Waals surface area (Å²) in [6.07, 6.45) is 0.946. The van der Waals surface area contributed by atoms with E-state index in [9.17, 15) is 4.79 Å². The number of carbonyl (C=O) groups excluding carboxylic acids is 1. The van der Waals surface area contributed by atoms with Crippen molar-refractivity contribution in [3.05, 3.63) is 49.6 Å². The molecule has 0 aliphatic heterocycles. The highest BCUT2D eigenvalue weighted by molar-refractivity contribution is 9.10. The molecule has 0 saturated carbocycles. The first kappa shape index (κ1) is 14.6. The van der Waals surface area contributed by atoms with E-state index in [1.807, 2.05) is 12.1 Å². The lowest BCUT2D eigenvalue weighted by Gasteiger charge is -2.06. The number of ether oxygens (including phenoxy) is 1. The second-order valence-corrected chi connectivity index (χ2v) is 6.37. The minimum absolute atomic E-state index is 0.00782. The molecule has 1 heterocycles. The Morgan fingerprint density at radius 2 is 2.16 bits per heavy atom. The van der Waals surface area contributed by atoms with Gasteiger partial charge < -0.3 is 4.74 Å². The number of ketones is 1. The molecule has 0 amide bonds. The molecule has 2 nitrogen and oxygen atoms in total. The van der Waals surface area contributed by atoms with Gasteiger partial charge in [-0.05, 0) is 52.7 Å². The fourth-order valence-electron chi connectivity index (χ4n) is 1.52. The van der Waals surface area contributed by atoms with E-state index in [2.05, 4.69) is 22.9 Å². The molecule has 0 fully saturated rings. The van der Waals surface area contributed by atoms with Crippen LogP contribution in [-0.2, 0) is 6.42 Å². The Bertz CT molecular complexity index is 595. The van der Waals surface area contributed by atoms with Crippen LogP contribution in [0.3, 0.4) is 0 Å². The Balaban J connectivity index is 2.00. The number of halogens is 2. The molecule has 5 heteroatoms. The van der Waals surface area contributed by atoms with Gasteiger partial charge in [0.15, 0.2) is 6.61 Å². The molecule has 0 unspecified atom stereocenters. The summed E-state index contributed by atoms with van der Waals surface area (Å²) in [6, 6.07) is 9.04. The monoisotopic (exact) mass is 358 g/mol. The molecule has 0 aliphatic rings. The molecule has 0 saturated heterocycles. The van der Waals surface area contributed by atoms with Crippen LogP contribution in [0.4, 0.5) is 0 Å². The summed E-state index contributed by atoms with van der Waals surface area (Å²) in [7, 11) is 0. The Labute approximate surface area is 129 Å². The van der Waals surface area contributed by atoms with Crippen molar-refractivity contribution in [3.63, 3.8) is 0 Å². The number of benzene rings is 1. The van der Waals surface area contributed by atoms with Gasteiger partial charge in [-0.25, -0.2) is 0 Å². The van der Waals surface area contributed by atoms with Crippen molar-refractivity contribution in [3.8, 4) is 5.75 Å². The Morgan fingerprint density at radius 1 is 1.37 bits per heavy atom. The lowest BCUT2D eigenvalue weighted by molar-refractivity contribution is 0.0925. The number of Topliss-reactive ketones (excluding diaryl/α,β-unsaturated/α-hetero) is 1. The van der Waals surface area contributed by atoms with Crippen LogP contribution in [-0.4, -0.2) is 12.4 Å². The van der Waals surface area contributed by atoms with E-state index in [4.69, 9.17) is 16.3 Å². The number of hydrogen-bond acceptors (Lipinski definition) is 3. The van der Waals surface area contributed by atoms with E-state index >= 15 is 0 Å². The van der Waals surface area contributed by atoms with Gasteiger partial charge in [-0.15, -0.1) is 11.3 Å². The zero-order valence-corrected chi connectivity index (χ0v) is 13.4. The predicted molar refractivity (Wildman–Crippen MR) is 82.7 cm³/mol. The molecule has 0 bridgehead atoms. The summed E-state index contributed by atoms with van der Waals surface area (Å²) < 4.78 is 6.25. The number of carbonyl (C=O) groups is 1. The lowest BCUT2D eigenvalue weighted by Crippen LogP contribution is -2.10. The van der Waals surface area contributed by atoms with Crippen molar-refractivity contribution in [1.82, 2.24) is 0 Å². The predicted octanol–water partition coefficient (Wildman–Crippen LogP) is 4.99. The molecule has 0 atom stereocenters. The maximum Gasteiger partial charge on any atom is 0.210 e. The highest BCUT2D eigenvalue weighted by atomic mass is 79.9. The number of hydrogen-bond donors (Lipinski definition) is 0. The summed E-state index contributed by atoms with van der Waals surface area (Å²) >= 11 is 10.7. The van der Waals surface area contributed by atoms with E-state index < -0.39 is 0 Å². The van der Waals surface area contributed by atoms with Crippen molar-refractivity contribution < 1.29 is 9.53 Å². The highest BCUT2D eigenvalue weighted by Gasteiger charge is 2.11. The number of thiophene rings is 1. The topological polar surface area (TPSA) is 26.3 Å². The molecule has 0 aliphatic carbocycles. The molecular weight excluding hydrogens is 348 g/mol. The summed E-state index contributed by atoms with van der Waals surface area (Å²) in [4.78, 5) is 13.9. The summed E-state index contributed by atoms with van der Waals surface area (Å²) in [5, 5.41) is 0.622. The first-order valence-corrected chi connectivity index (χ1v) is 7.78. The molecule has 1 aromatic carbocycles. The van der Waals surface area contributed by atoms with Crippen molar-refractivity contribution in [1.29, 1.82) is 0 Å². The standard InChI is InChI=1S/C14H12BrClO2S/c1-2-10-4-6-14(19-10)12(17)8-18-13-5-3-9(16)7-11(13)15/h3-7H,2,8H2,1H3. The van der Waals surface area contributed by atoms with Crippen LogP contribution in [0.1, 0.15) is 21.5 Å². The second-order valence-electron chi connectivity index (χ2n) is 3.91. The van der Waals surface area contributed by atoms with Crippen LogP contribution >= 0.6 is 38.9 Å². The molecule has 0 spiro atoms. The fraction of sp³-hybridized carbons (Fsp3) is 0.214. The van der Waals surface area contributed by atoms with Crippen molar-refractivity contribution in [2.24, 2.45) is 0 Å². The molecule has 100 valence electrons. The van der Waals surface area contributed by atoms with E-state index in [0.29, 0.717) is 10.8 Å². The first-order chi connectivity index (χ1) is 9.10. The Morgan fingerprint density at radius 3 is 2.79 bits per heavy atom.